The normalized spacial score (nSPS) is 15.9. The van der Waals surface area contributed by atoms with Gasteiger partial charge in [0.1, 0.15) is 0 Å². The molecule has 0 aromatic heterocycles. The molecule has 23 heavy (non-hydrogen) atoms. The van der Waals surface area contributed by atoms with Crippen LogP contribution in [0, 0.1) is 12.8 Å². The molecule has 1 heterocycles. The molecule has 1 aliphatic heterocycles. The van der Waals surface area contributed by atoms with Crippen molar-refractivity contribution in [3.05, 3.63) is 71.3 Å². The molecule has 0 amide bonds. The molecule has 1 fully saturated rings. The smallest absolute Gasteiger partial charge is 0.0469 e. The van der Waals surface area contributed by atoms with Crippen LogP contribution < -0.4 is 0 Å². The second kappa shape index (κ2) is 8.28. The van der Waals surface area contributed by atoms with E-state index in [0.29, 0.717) is 0 Å². The van der Waals surface area contributed by atoms with Gasteiger partial charge in [-0.05, 0) is 36.8 Å². The second-order valence-electron chi connectivity index (χ2n) is 6.70. The minimum atomic E-state index is 0.761. The average molecular weight is 309 g/mol. The molecule has 1 saturated heterocycles. The van der Waals surface area contributed by atoms with Gasteiger partial charge in [-0.3, -0.25) is 4.90 Å². The number of benzene rings is 2. The highest BCUT2D eigenvalue weighted by Gasteiger charge is 2.18. The van der Waals surface area contributed by atoms with E-state index in [1.807, 2.05) is 0 Å². The minimum Gasteiger partial charge on any atom is -0.381 e. The predicted molar refractivity (Wildman–Crippen MR) is 95.3 cm³/mol. The maximum atomic E-state index is 5.52. The van der Waals surface area contributed by atoms with Crippen LogP contribution >= 0.6 is 0 Å². The van der Waals surface area contributed by atoms with Gasteiger partial charge in [-0.2, -0.15) is 0 Å². The molecule has 0 spiro atoms. The molecule has 0 saturated carbocycles. The molecule has 0 bridgehead atoms. The van der Waals surface area contributed by atoms with E-state index in [9.17, 15) is 0 Å². The van der Waals surface area contributed by atoms with E-state index in [0.717, 1.165) is 38.8 Å². The third kappa shape index (κ3) is 5.19. The van der Waals surface area contributed by atoms with Gasteiger partial charge in [0.2, 0.25) is 0 Å². The molecule has 2 nitrogen and oxygen atoms in total. The van der Waals surface area contributed by atoms with Crippen molar-refractivity contribution in [2.75, 3.05) is 19.8 Å². The minimum absolute atomic E-state index is 0.761. The van der Waals surface area contributed by atoms with Crippen molar-refractivity contribution >= 4 is 0 Å². The summed E-state index contributed by atoms with van der Waals surface area (Å²) in [5.74, 6) is 0.761. The SMILES string of the molecule is Cc1cccc(CN(Cc2ccccc2)CC2CCOCC2)c1. The number of hydrogen-bond acceptors (Lipinski definition) is 2. The lowest BCUT2D eigenvalue weighted by Crippen LogP contribution is -2.32. The van der Waals surface area contributed by atoms with E-state index >= 15 is 0 Å². The van der Waals surface area contributed by atoms with Crippen LogP contribution in [0.4, 0.5) is 0 Å². The quantitative estimate of drug-likeness (QED) is 0.783. The number of nitrogens with zero attached hydrogens (tertiary/aromatic N) is 1. The van der Waals surface area contributed by atoms with Gasteiger partial charge in [0, 0.05) is 32.8 Å². The molecule has 3 rings (SSSR count). The van der Waals surface area contributed by atoms with Gasteiger partial charge in [-0.25, -0.2) is 0 Å². The van der Waals surface area contributed by atoms with E-state index in [1.165, 1.54) is 29.5 Å². The Morgan fingerprint density at radius 2 is 1.61 bits per heavy atom. The zero-order valence-electron chi connectivity index (χ0n) is 14.1. The van der Waals surface area contributed by atoms with Crippen LogP contribution in [0.2, 0.25) is 0 Å². The van der Waals surface area contributed by atoms with Crippen LogP contribution in [0.3, 0.4) is 0 Å². The predicted octanol–water partition coefficient (Wildman–Crippen LogP) is 4.42. The number of ether oxygens (including phenoxy) is 1. The Morgan fingerprint density at radius 1 is 0.913 bits per heavy atom. The van der Waals surface area contributed by atoms with Crippen molar-refractivity contribution in [2.24, 2.45) is 5.92 Å². The molecule has 122 valence electrons. The highest BCUT2D eigenvalue weighted by Crippen LogP contribution is 2.19. The Labute approximate surface area is 140 Å². The van der Waals surface area contributed by atoms with Crippen molar-refractivity contribution in [3.8, 4) is 0 Å². The number of aryl methyl sites for hydroxylation is 1. The zero-order valence-corrected chi connectivity index (χ0v) is 14.1. The summed E-state index contributed by atoms with van der Waals surface area (Å²) in [4.78, 5) is 2.60. The third-order valence-corrected chi connectivity index (χ3v) is 4.59. The Morgan fingerprint density at radius 3 is 2.35 bits per heavy atom. The van der Waals surface area contributed by atoms with Crippen molar-refractivity contribution in [1.82, 2.24) is 4.90 Å². The first-order valence-electron chi connectivity index (χ1n) is 8.69. The summed E-state index contributed by atoms with van der Waals surface area (Å²) < 4.78 is 5.52. The van der Waals surface area contributed by atoms with Crippen molar-refractivity contribution in [1.29, 1.82) is 0 Å². The van der Waals surface area contributed by atoms with Crippen molar-refractivity contribution in [3.63, 3.8) is 0 Å². The van der Waals surface area contributed by atoms with Gasteiger partial charge in [-0.1, -0.05) is 60.2 Å². The first kappa shape index (κ1) is 16.2. The van der Waals surface area contributed by atoms with Gasteiger partial charge < -0.3 is 4.74 Å². The number of rotatable bonds is 6. The lowest BCUT2D eigenvalue weighted by molar-refractivity contribution is 0.0502. The van der Waals surface area contributed by atoms with E-state index in [1.54, 1.807) is 0 Å². The van der Waals surface area contributed by atoms with Crippen molar-refractivity contribution < 1.29 is 4.74 Å². The first-order chi connectivity index (χ1) is 11.3. The maximum Gasteiger partial charge on any atom is 0.0469 e. The van der Waals surface area contributed by atoms with Crippen LogP contribution in [0.1, 0.15) is 29.5 Å². The summed E-state index contributed by atoms with van der Waals surface area (Å²) in [6.45, 7) is 7.22. The Hall–Kier alpha value is -1.64. The topological polar surface area (TPSA) is 12.5 Å². The van der Waals surface area contributed by atoms with Crippen LogP contribution in [0.25, 0.3) is 0 Å². The monoisotopic (exact) mass is 309 g/mol. The Kier molecular flexibility index (Phi) is 5.84. The van der Waals surface area contributed by atoms with E-state index in [4.69, 9.17) is 4.74 Å². The van der Waals surface area contributed by atoms with Crippen molar-refractivity contribution in [2.45, 2.75) is 32.9 Å². The largest absolute Gasteiger partial charge is 0.381 e. The van der Waals surface area contributed by atoms with Crippen LogP contribution in [-0.4, -0.2) is 24.7 Å². The maximum absolute atomic E-state index is 5.52. The first-order valence-corrected chi connectivity index (χ1v) is 8.69. The van der Waals surface area contributed by atoms with Gasteiger partial charge >= 0.3 is 0 Å². The van der Waals surface area contributed by atoms with Gasteiger partial charge in [0.25, 0.3) is 0 Å². The molecule has 0 radical (unpaired) electrons. The Bertz CT molecular complexity index is 590. The molecule has 2 heteroatoms. The van der Waals surface area contributed by atoms with Crippen LogP contribution in [-0.2, 0) is 17.8 Å². The zero-order chi connectivity index (χ0) is 15.9. The molecular weight excluding hydrogens is 282 g/mol. The molecule has 0 unspecified atom stereocenters. The lowest BCUT2D eigenvalue weighted by Gasteiger charge is -2.30. The second-order valence-corrected chi connectivity index (χ2v) is 6.70. The molecule has 0 aliphatic carbocycles. The molecular formula is C21H27NO. The van der Waals surface area contributed by atoms with E-state index in [-0.39, 0.29) is 0 Å². The summed E-state index contributed by atoms with van der Waals surface area (Å²) in [6, 6.07) is 19.7. The summed E-state index contributed by atoms with van der Waals surface area (Å²) in [6.07, 6.45) is 2.39. The van der Waals surface area contributed by atoms with Gasteiger partial charge in [0.15, 0.2) is 0 Å². The summed E-state index contributed by atoms with van der Waals surface area (Å²) >= 11 is 0. The highest BCUT2D eigenvalue weighted by molar-refractivity contribution is 5.22. The fraction of sp³-hybridized carbons (Fsp3) is 0.429. The van der Waals surface area contributed by atoms with Crippen LogP contribution in [0.15, 0.2) is 54.6 Å². The lowest BCUT2D eigenvalue weighted by atomic mass is 9.99. The fourth-order valence-electron chi connectivity index (χ4n) is 3.39. The summed E-state index contributed by atoms with van der Waals surface area (Å²) in [5, 5.41) is 0. The standard InChI is InChI=1S/C21H27NO/c1-18-6-5-9-21(14-18)17-22(15-19-7-3-2-4-8-19)16-20-10-12-23-13-11-20/h2-9,14,20H,10-13,15-17H2,1H3. The molecule has 1 aliphatic rings. The van der Waals surface area contributed by atoms with E-state index < -0.39 is 0 Å². The Balaban J connectivity index is 1.69. The number of hydrogen-bond donors (Lipinski definition) is 0. The van der Waals surface area contributed by atoms with E-state index in [2.05, 4.69) is 66.4 Å². The summed E-state index contributed by atoms with van der Waals surface area (Å²) in [5.41, 5.74) is 4.15. The highest BCUT2D eigenvalue weighted by atomic mass is 16.5. The molecule has 2 aromatic carbocycles. The van der Waals surface area contributed by atoms with Gasteiger partial charge in [-0.15, -0.1) is 0 Å². The third-order valence-electron chi connectivity index (χ3n) is 4.59. The molecule has 0 atom stereocenters. The van der Waals surface area contributed by atoms with Crippen LogP contribution in [0.5, 0.6) is 0 Å². The summed E-state index contributed by atoms with van der Waals surface area (Å²) in [7, 11) is 0. The fourth-order valence-corrected chi connectivity index (χ4v) is 3.39. The average Bonchev–Trinajstić information content (AvgIpc) is 2.57. The molecule has 2 aromatic rings. The molecule has 0 N–H and O–H groups in total. The van der Waals surface area contributed by atoms with Gasteiger partial charge in [0.05, 0.1) is 0 Å².